The zero-order chi connectivity index (χ0) is 22.4. The molecule has 0 aliphatic carbocycles. The molecule has 3 N–H and O–H groups in total. The van der Waals surface area contributed by atoms with Gasteiger partial charge in [0.05, 0.1) is 30.3 Å². The van der Waals surface area contributed by atoms with Crippen LogP contribution < -0.4 is 16.4 Å². The van der Waals surface area contributed by atoms with Gasteiger partial charge in [0.1, 0.15) is 5.69 Å². The molecular formula is C23H23N8O+. The number of aryl methyl sites for hydroxylation is 3. The van der Waals surface area contributed by atoms with Crippen molar-refractivity contribution in [2.24, 2.45) is 7.05 Å². The van der Waals surface area contributed by atoms with Crippen molar-refractivity contribution in [2.75, 3.05) is 5.73 Å². The largest absolute Gasteiger partial charge is 0.411 e. The van der Waals surface area contributed by atoms with Crippen molar-refractivity contribution in [3.63, 3.8) is 0 Å². The molecule has 5 rings (SSSR count). The van der Waals surface area contributed by atoms with E-state index in [1.807, 2.05) is 67.9 Å². The van der Waals surface area contributed by atoms with Gasteiger partial charge in [-0.25, -0.2) is 14.8 Å². The molecule has 5 aromatic rings. The minimum atomic E-state index is -0.321. The van der Waals surface area contributed by atoms with Crippen molar-refractivity contribution >= 4 is 11.6 Å². The first-order chi connectivity index (χ1) is 15.4. The maximum Gasteiger partial charge on any atom is 0.411 e. The number of aromatic nitrogens is 7. The minimum absolute atomic E-state index is 0.214. The lowest BCUT2D eigenvalue weighted by Gasteiger charge is -2.10. The molecule has 0 aliphatic rings. The first-order valence-electron chi connectivity index (χ1n) is 10.2. The summed E-state index contributed by atoms with van der Waals surface area (Å²) < 4.78 is 4.69. The highest BCUT2D eigenvalue weighted by atomic mass is 16.2. The third-order valence-corrected chi connectivity index (χ3v) is 5.47. The van der Waals surface area contributed by atoms with Gasteiger partial charge in [-0.1, -0.05) is 30.3 Å². The summed E-state index contributed by atoms with van der Waals surface area (Å²) in [7, 11) is 1.88. The molecule has 4 heterocycles. The molecule has 160 valence electrons. The number of imidazole rings is 1. The lowest BCUT2D eigenvalue weighted by atomic mass is 9.99. The lowest BCUT2D eigenvalue weighted by Crippen LogP contribution is -2.28. The van der Waals surface area contributed by atoms with E-state index >= 15 is 0 Å². The smallest absolute Gasteiger partial charge is 0.336 e. The second-order valence-corrected chi connectivity index (χ2v) is 7.86. The van der Waals surface area contributed by atoms with Gasteiger partial charge >= 0.3 is 11.6 Å². The molecule has 0 unspecified atom stereocenters. The number of pyridine rings is 1. The summed E-state index contributed by atoms with van der Waals surface area (Å²) in [6, 6.07) is 13.9. The standard InChI is InChI=1S/C23H22N8O/c1-14-9-17(10-15(2)26-14)19-20(16-7-5-4-6-8-16)27-22(24)31-21(19)28-30(23(31)32)12-18-11-25-13-29(18)3/h4-11,13H,12H2,1-3H3,(H2,24,27)/p+1. The van der Waals surface area contributed by atoms with Crippen molar-refractivity contribution in [1.82, 2.24) is 28.7 Å². The summed E-state index contributed by atoms with van der Waals surface area (Å²) in [5.41, 5.74) is 12.6. The Morgan fingerprint density at radius 2 is 1.78 bits per heavy atom. The van der Waals surface area contributed by atoms with Gasteiger partial charge in [-0.2, -0.15) is 4.68 Å². The van der Waals surface area contributed by atoms with Gasteiger partial charge in [0.2, 0.25) is 5.65 Å². The summed E-state index contributed by atoms with van der Waals surface area (Å²) in [5, 5.41) is 4.72. The number of aromatic amines is 1. The first-order valence-corrected chi connectivity index (χ1v) is 10.2. The minimum Gasteiger partial charge on any atom is -0.336 e. The number of hydrogen-bond acceptors (Lipinski definition) is 5. The molecule has 1 aromatic carbocycles. The molecule has 0 spiro atoms. The summed E-state index contributed by atoms with van der Waals surface area (Å²) in [6.07, 6.45) is 3.41. The maximum absolute atomic E-state index is 13.3. The molecule has 0 amide bonds. The molecule has 0 radical (unpaired) electrons. The van der Waals surface area contributed by atoms with Gasteiger partial charge in [0.25, 0.3) is 0 Å². The Hall–Kier alpha value is -4.27. The topological polar surface area (TPSA) is 110 Å². The van der Waals surface area contributed by atoms with Crippen molar-refractivity contribution in [1.29, 1.82) is 0 Å². The van der Waals surface area contributed by atoms with Crippen LogP contribution in [0.2, 0.25) is 0 Å². The summed E-state index contributed by atoms with van der Waals surface area (Å²) in [5.74, 6) is 0.214. The van der Waals surface area contributed by atoms with Gasteiger partial charge in [-0.15, -0.1) is 9.50 Å². The zero-order valence-electron chi connectivity index (χ0n) is 18.1. The number of nitrogens with zero attached hydrogens (tertiary/aromatic N) is 6. The van der Waals surface area contributed by atoms with Crippen molar-refractivity contribution in [2.45, 2.75) is 20.4 Å². The monoisotopic (exact) mass is 427 g/mol. The Morgan fingerprint density at radius 1 is 1.06 bits per heavy atom. The molecule has 9 heteroatoms. The highest BCUT2D eigenvalue weighted by molar-refractivity contribution is 5.88. The molecule has 0 fully saturated rings. The van der Waals surface area contributed by atoms with E-state index in [-0.39, 0.29) is 18.2 Å². The average molecular weight is 427 g/mol. The van der Waals surface area contributed by atoms with E-state index in [1.165, 1.54) is 9.08 Å². The molecule has 0 bridgehead atoms. The number of nitrogens with two attached hydrogens (primary N) is 1. The molecule has 9 nitrogen and oxygen atoms in total. The Bertz CT molecular complexity index is 1490. The molecule has 0 saturated heterocycles. The highest BCUT2D eigenvalue weighted by Crippen LogP contribution is 2.32. The maximum atomic E-state index is 13.3. The van der Waals surface area contributed by atoms with Crippen LogP contribution in [0.1, 0.15) is 17.1 Å². The van der Waals surface area contributed by atoms with E-state index in [0.29, 0.717) is 5.65 Å². The van der Waals surface area contributed by atoms with Crippen LogP contribution in [0.15, 0.2) is 59.8 Å². The molecule has 4 aromatic heterocycles. The predicted molar refractivity (Wildman–Crippen MR) is 121 cm³/mol. The van der Waals surface area contributed by atoms with Crippen molar-refractivity contribution < 1.29 is 4.98 Å². The number of benzene rings is 1. The fourth-order valence-electron chi connectivity index (χ4n) is 4.01. The van der Waals surface area contributed by atoms with Crippen LogP contribution in [0.4, 0.5) is 5.95 Å². The van der Waals surface area contributed by atoms with E-state index in [1.54, 1.807) is 12.5 Å². The van der Waals surface area contributed by atoms with Gasteiger partial charge in [0, 0.05) is 24.0 Å². The highest BCUT2D eigenvalue weighted by Gasteiger charge is 2.26. The van der Waals surface area contributed by atoms with Gasteiger partial charge in [0.15, 0.2) is 0 Å². The van der Waals surface area contributed by atoms with E-state index < -0.39 is 0 Å². The summed E-state index contributed by atoms with van der Waals surface area (Å²) >= 11 is 0. The SMILES string of the molecule is Cc1cc(-c2c(-c3ccccc3)[nH+]c(N)n3c(=O)n(Cc4cncn4C)nc23)cc(C)n1. The molecular weight excluding hydrogens is 404 g/mol. The average Bonchev–Trinajstić information content (AvgIpc) is 3.31. The molecule has 0 saturated carbocycles. The van der Waals surface area contributed by atoms with Crippen molar-refractivity contribution in [3.8, 4) is 22.4 Å². The third kappa shape index (κ3) is 3.24. The Labute approximate surface area is 183 Å². The summed E-state index contributed by atoms with van der Waals surface area (Å²) in [4.78, 5) is 25.2. The van der Waals surface area contributed by atoms with Crippen LogP contribution in [0.5, 0.6) is 0 Å². The second-order valence-electron chi connectivity index (χ2n) is 7.86. The van der Waals surface area contributed by atoms with E-state index in [2.05, 4.69) is 15.0 Å². The number of hydrogen-bond donors (Lipinski definition) is 1. The van der Waals surface area contributed by atoms with Crippen molar-refractivity contribution in [3.05, 3.63) is 82.6 Å². The van der Waals surface area contributed by atoms with Crippen LogP contribution >= 0.6 is 0 Å². The number of fused-ring (bicyclic) bond motifs is 1. The Balaban J connectivity index is 1.84. The second kappa shape index (κ2) is 7.45. The number of nitrogen functional groups attached to an aromatic ring is 1. The number of rotatable bonds is 4. The molecule has 0 atom stereocenters. The third-order valence-electron chi connectivity index (χ3n) is 5.47. The number of H-pyrrole nitrogens is 1. The molecule has 0 aliphatic heterocycles. The predicted octanol–water partition coefficient (Wildman–Crippen LogP) is 2.02. The fourth-order valence-corrected chi connectivity index (χ4v) is 4.01. The van der Waals surface area contributed by atoms with Gasteiger partial charge in [-0.05, 0) is 31.5 Å². The Morgan fingerprint density at radius 3 is 2.44 bits per heavy atom. The number of nitrogens with one attached hydrogen (secondary N) is 1. The first kappa shape index (κ1) is 19.7. The van der Waals surface area contributed by atoms with E-state index in [9.17, 15) is 4.79 Å². The summed E-state index contributed by atoms with van der Waals surface area (Å²) in [6.45, 7) is 4.18. The van der Waals surface area contributed by atoms with Crippen LogP contribution in [0.25, 0.3) is 28.0 Å². The lowest BCUT2D eigenvalue weighted by molar-refractivity contribution is -0.351. The quantitative estimate of drug-likeness (QED) is 0.472. The Kier molecular flexibility index (Phi) is 4.58. The van der Waals surface area contributed by atoms with E-state index in [4.69, 9.17) is 10.8 Å². The van der Waals surface area contributed by atoms with E-state index in [0.717, 1.165) is 39.5 Å². The zero-order valence-corrected chi connectivity index (χ0v) is 18.1. The van der Waals surface area contributed by atoms with Crippen LogP contribution in [0.3, 0.4) is 0 Å². The van der Waals surface area contributed by atoms with Crippen LogP contribution in [-0.4, -0.2) is 28.7 Å². The van der Waals surface area contributed by atoms with Gasteiger partial charge < -0.3 is 4.57 Å². The van der Waals surface area contributed by atoms with Gasteiger partial charge in [-0.3, -0.25) is 10.7 Å². The number of anilines is 1. The van der Waals surface area contributed by atoms with Crippen LogP contribution in [-0.2, 0) is 13.6 Å². The molecule has 32 heavy (non-hydrogen) atoms. The normalized spacial score (nSPS) is 11.3. The van der Waals surface area contributed by atoms with Crippen LogP contribution in [0, 0.1) is 13.8 Å². The fraction of sp³-hybridized carbons (Fsp3) is 0.174.